The number of hydrogen-bond donors (Lipinski definition) is 1. The molecule has 1 aliphatic carbocycles. The lowest BCUT2D eigenvalue weighted by Gasteiger charge is -2.31. The summed E-state index contributed by atoms with van der Waals surface area (Å²) in [6.07, 6.45) is 5.76. The van der Waals surface area contributed by atoms with Crippen LogP contribution in [0.1, 0.15) is 46.0 Å². The molecule has 1 atom stereocenters. The highest BCUT2D eigenvalue weighted by Gasteiger charge is 2.43. The molecule has 1 amide bonds. The molecule has 0 spiro atoms. The molecule has 0 aromatic rings. The van der Waals surface area contributed by atoms with E-state index in [0.29, 0.717) is 11.9 Å². The second-order valence-corrected chi connectivity index (χ2v) is 5.57. The van der Waals surface area contributed by atoms with Crippen molar-refractivity contribution in [3.63, 3.8) is 0 Å². The first-order valence-corrected chi connectivity index (χ1v) is 6.69. The van der Waals surface area contributed by atoms with Crippen molar-refractivity contribution in [2.75, 3.05) is 19.6 Å². The van der Waals surface area contributed by atoms with Gasteiger partial charge in [0.2, 0.25) is 5.91 Å². The summed E-state index contributed by atoms with van der Waals surface area (Å²) in [6.45, 7) is 7.14. The lowest BCUT2D eigenvalue weighted by molar-refractivity contribution is -0.141. The fourth-order valence-electron chi connectivity index (χ4n) is 2.51. The zero-order valence-electron chi connectivity index (χ0n) is 10.6. The fraction of sp³-hybridized carbons (Fsp3) is 0.923. The lowest BCUT2D eigenvalue weighted by atomic mass is 9.88. The highest BCUT2D eigenvalue weighted by atomic mass is 16.2. The molecular weight excluding hydrogens is 200 g/mol. The second-order valence-electron chi connectivity index (χ2n) is 5.57. The molecule has 16 heavy (non-hydrogen) atoms. The van der Waals surface area contributed by atoms with Crippen molar-refractivity contribution < 1.29 is 4.79 Å². The molecular formula is C13H24N2O. The number of nitrogens with one attached hydrogen (secondary N) is 1. The molecule has 2 fully saturated rings. The first-order chi connectivity index (χ1) is 7.67. The van der Waals surface area contributed by atoms with Gasteiger partial charge >= 0.3 is 0 Å². The fourth-order valence-corrected chi connectivity index (χ4v) is 2.51. The SMILES string of the molecule is CCCCN(C(=O)C1(C)CCNC1)C1CC1. The van der Waals surface area contributed by atoms with Crippen LogP contribution in [0.4, 0.5) is 0 Å². The number of carbonyl (C=O) groups is 1. The predicted octanol–water partition coefficient (Wildman–Crippen LogP) is 1.78. The van der Waals surface area contributed by atoms with E-state index in [2.05, 4.69) is 24.1 Å². The van der Waals surface area contributed by atoms with Crippen molar-refractivity contribution >= 4 is 5.91 Å². The molecule has 0 radical (unpaired) electrons. The van der Waals surface area contributed by atoms with Crippen LogP contribution in [0.25, 0.3) is 0 Å². The topological polar surface area (TPSA) is 32.3 Å². The van der Waals surface area contributed by atoms with Crippen LogP contribution < -0.4 is 5.32 Å². The zero-order chi connectivity index (χ0) is 11.6. The maximum atomic E-state index is 12.5. The van der Waals surface area contributed by atoms with Crippen molar-refractivity contribution in [3.05, 3.63) is 0 Å². The first-order valence-electron chi connectivity index (χ1n) is 6.69. The molecule has 3 heteroatoms. The number of nitrogens with zero attached hydrogens (tertiary/aromatic N) is 1. The third-order valence-corrected chi connectivity index (χ3v) is 3.89. The maximum Gasteiger partial charge on any atom is 0.230 e. The number of rotatable bonds is 5. The number of carbonyl (C=O) groups excluding carboxylic acids is 1. The molecule has 3 nitrogen and oxygen atoms in total. The Morgan fingerprint density at radius 3 is 2.75 bits per heavy atom. The summed E-state index contributed by atoms with van der Waals surface area (Å²) < 4.78 is 0. The van der Waals surface area contributed by atoms with Crippen LogP contribution in [-0.2, 0) is 4.79 Å². The van der Waals surface area contributed by atoms with Gasteiger partial charge in [-0.15, -0.1) is 0 Å². The molecule has 2 aliphatic rings. The molecule has 2 rings (SSSR count). The molecule has 0 aromatic heterocycles. The van der Waals surface area contributed by atoms with Crippen molar-refractivity contribution in [1.29, 1.82) is 0 Å². The van der Waals surface area contributed by atoms with E-state index in [9.17, 15) is 4.79 Å². The second kappa shape index (κ2) is 4.74. The number of hydrogen-bond acceptors (Lipinski definition) is 2. The molecule has 1 saturated carbocycles. The molecule has 1 N–H and O–H groups in total. The summed E-state index contributed by atoms with van der Waals surface area (Å²) in [7, 11) is 0. The van der Waals surface area contributed by atoms with Crippen LogP contribution in [0.2, 0.25) is 0 Å². The van der Waals surface area contributed by atoms with E-state index >= 15 is 0 Å². The third kappa shape index (κ3) is 2.40. The predicted molar refractivity (Wildman–Crippen MR) is 65.2 cm³/mol. The Labute approximate surface area is 98.6 Å². The molecule has 1 heterocycles. The van der Waals surface area contributed by atoms with Gasteiger partial charge in [-0.25, -0.2) is 0 Å². The maximum absolute atomic E-state index is 12.5. The van der Waals surface area contributed by atoms with Crippen LogP contribution in [-0.4, -0.2) is 36.5 Å². The van der Waals surface area contributed by atoms with E-state index in [4.69, 9.17) is 0 Å². The Bertz CT molecular complexity index is 255. The van der Waals surface area contributed by atoms with E-state index in [1.807, 2.05) is 0 Å². The van der Waals surface area contributed by atoms with Gasteiger partial charge in [0.15, 0.2) is 0 Å². The average Bonchev–Trinajstić information content (AvgIpc) is 3.01. The van der Waals surface area contributed by atoms with Gasteiger partial charge in [0.05, 0.1) is 5.41 Å². The van der Waals surface area contributed by atoms with Crippen LogP contribution in [0, 0.1) is 5.41 Å². The van der Waals surface area contributed by atoms with E-state index in [0.717, 1.165) is 32.5 Å². The normalized spacial score (nSPS) is 29.4. The monoisotopic (exact) mass is 224 g/mol. The van der Waals surface area contributed by atoms with Gasteiger partial charge < -0.3 is 10.2 Å². The largest absolute Gasteiger partial charge is 0.339 e. The van der Waals surface area contributed by atoms with Gasteiger partial charge in [-0.2, -0.15) is 0 Å². The van der Waals surface area contributed by atoms with Gasteiger partial charge in [0, 0.05) is 19.1 Å². The quantitative estimate of drug-likeness (QED) is 0.772. The molecule has 0 bridgehead atoms. The van der Waals surface area contributed by atoms with Gasteiger partial charge in [-0.1, -0.05) is 13.3 Å². The van der Waals surface area contributed by atoms with E-state index < -0.39 is 0 Å². The van der Waals surface area contributed by atoms with E-state index in [-0.39, 0.29) is 5.41 Å². The molecule has 1 unspecified atom stereocenters. The lowest BCUT2D eigenvalue weighted by Crippen LogP contribution is -2.45. The first kappa shape index (κ1) is 11.9. The number of amides is 1. The van der Waals surface area contributed by atoms with Crippen LogP contribution in [0.3, 0.4) is 0 Å². The van der Waals surface area contributed by atoms with Crippen molar-refractivity contribution in [2.45, 2.75) is 52.0 Å². The van der Waals surface area contributed by atoms with Crippen molar-refractivity contribution in [1.82, 2.24) is 10.2 Å². The summed E-state index contributed by atoms with van der Waals surface area (Å²) in [4.78, 5) is 14.7. The van der Waals surface area contributed by atoms with Crippen molar-refractivity contribution in [2.24, 2.45) is 5.41 Å². The van der Waals surface area contributed by atoms with Crippen molar-refractivity contribution in [3.8, 4) is 0 Å². The standard InChI is InChI=1S/C13H24N2O/c1-3-4-9-15(11-5-6-11)12(16)13(2)7-8-14-10-13/h11,14H,3-10H2,1-2H3. The Balaban J connectivity index is 1.98. The van der Waals surface area contributed by atoms with Crippen LogP contribution >= 0.6 is 0 Å². The van der Waals surface area contributed by atoms with Crippen LogP contribution in [0.5, 0.6) is 0 Å². The summed E-state index contributed by atoms with van der Waals surface area (Å²) in [5.74, 6) is 0.397. The van der Waals surface area contributed by atoms with Crippen LogP contribution in [0.15, 0.2) is 0 Å². The smallest absolute Gasteiger partial charge is 0.230 e. The van der Waals surface area contributed by atoms with E-state index in [1.165, 1.54) is 19.3 Å². The Kier molecular flexibility index (Phi) is 3.53. The summed E-state index contributed by atoms with van der Waals surface area (Å²) in [6, 6.07) is 0.566. The molecule has 1 saturated heterocycles. The highest BCUT2D eigenvalue weighted by molar-refractivity contribution is 5.83. The van der Waals surface area contributed by atoms with Gasteiger partial charge in [0.25, 0.3) is 0 Å². The average molecular weight is 224 g/mol. The zero-order valence-corrected chi connectivity index (χ0v) is 10.6. The Morgan fingerprint density at radius 2 is 2.25 bits per heavy atom. The summed E-state index contributed by atoms with van der Waals surface area (Å²) >= 11 is 0. The van der Waals surface area contributed by atoms with Gasteiger partial charge in [0.1, 0.15) is 0 Å². The van der Waals surface area contributed by atoms with Gasteiger partial charge in [-0.3, -0.25) is 4.79 Å². The Morgan fingerprint density at radius 1 is 1.50 bits per heavy atom. The minimum absolute atomic E-state index is 0.129. The van der Waals surface area contributed by atoms with E-state index in [1.54, 1.807) is 0 Å². The Hall–Kier alpha value is -0.570. The highest BCUT2D eigenvalue weighted by Crippen LogP contribution is 2.34. The molecule has 92 valence electrons. The minimum atomic E-state index is -0.129. The number of unbranched alkanes of at least 4 members (excludes halogenated alkanes) is 1. The minimum Gasteiger partial charge on any atom is -0.339 e. The summed E-state index contributed by atoms with van der Waals surface area (Å²) in [5, 5.41) is 3.32. The summed E-state index contributed by atoms with van der Waals surface area (Å²) in [5.41, 5.74) is -0.129. The molecule has 1 aliphatic heterocycles. The van der Waals surface area contributed by atoms with Gasteiger partial charge in [-0.05, 0) is 39.2 Å². The third-order valence-electron chi connectivity index (χ3n) is 3.89. The molecule has 0 aromatic carbocycles.